The van der Waals surface area contributed by atoms with Gasteiger partial charge in [0.05, 0.1) is 0 Å². The van der Waals surface area contributed by atoms with Crippen LogP contribution in [0.15, 0.2) is 9.95 Å². The average Bonchev–Trinajstić information content (AvgIpc) is 2.61. The molecule has 3 N–H and O–H groups in total. The first-order valence-corrected chi connectivity index (χ1v) is 6.94. The number of carboxylic acids is 1. The number of hydrogen-bond acceptors (Lipinski definition) is 5. The number of rotatable bonds is 7. The molecule has 0 radical (unpaired) electrons. The molecule has 1 rings (SSSR count). The van der Waals surface area contributed by atoms with Gasteiger partial charge < -0.3 is 10.4 Å². The monoisotopic (exact) mass is 288 g/mol. The van der Waals surface area contributed by atoms with Crippen molar-refractivity contribution in [2.24, 2.45) is 7.05 Å². The van der Waals surface area contributed by atoms with E-state index in [4.69, 9.17) is 0 Å². The number of hydrogen-bond donors (Lipinski definition) is 3. The molecule has 0 spiro atoms. The summed E-state index contributed by atoms with van der Waals surface area (Å²) in [6, 6.07) is 0. The highest BCUT2D eigenvalue weighted by atomic mass is 32.2. The van der Waals surface area contributed by atoms with Crippen molar-refractivity contribution in [2.75, 3.05) is 6.54 Å². The summed E-state index contributed by atoms with van der Waals surface area (Å²) in [6.07, 6.45) is 0.432. The first kappa shape index (κ1) is 15.8. The van der Waals surface area contributed by atoms with E-state index in [9.17, 15) is 14.7 Å². The highest BCUT2D eigenvalue weighted by molar-refractivity contribution is 7.99. The molecule has 0 saturated heterocycles. The Kier molecular flexibility index (Phi) is 5.19. The van der Waals surface area contributed by atoms with E-state index < -0.39 is 11.5 Å². The third-order valence-corrected chi connectivity index (χ3v) is 4.03. The van der Waals surface area contributed by atoms with E-state index in [0.29, 0.717) is 18.1 Å². The molecule has 0 saturated carbocycles. The largest absolute Gasteiger partial charge is 0.480 e. The Morgan fingerprint density at radius 3 is 2.74 bits per heavy atom. The normalized spacial score (nSPS) is 16.0. The van der Waals surface area contributed by atoms with E-state index >= 15 is 0 Å². The van der Waals surface area contributed by atoms with Crippen molar-refractivity contribution in [3.8, 4) is 0 Å². The first-order chi connectivity index (χ1) is 8.80. The van der Waals surface area contributed by atoms with Crippen molar-refractivity contribution < 1.29 is 9.90 Å². The van der Waals surface area contributed by atoms with Crippen molar-refractivity contribution >= 4 is 17.7 Å². The number of aromatic amines is 1. The molecule has 0 aromatic carbocycles. The summed E-state index contributed by atoms with van der Waals surface area (Å²) in [7, 11) is 1.63. The molecule has 1 aromatic rings. The highest BCUT2D eigenvalue weighted by Crippen LogP contribution is 2.26. The van der Waals surface area contributed by atoms with Gasteiger partial charge in [0.1, 0.15) is 5.54 Å². The van der Waals surface area contributed by atoms with Gasteiger partial charge in [-0.05, 0) is 19.9 Å². The van der Waals surface area contributed by atoms with Crippen LogP contribution in [0.2, 0.25) is 0 Å². The second-order valence-corrected chi connectivity index (χ2v) is 6.08. The number of carbonyl (C=O) groups is 1. The van der Waals surface area contributed by atoms with Crippen LogP contribution < -0.4 is 11.0 Å². The fourth-order valence-electron chi connectivity index (χ4n) is 1.86. The Balaban J connectivity index is 2.73. The smallest absolute Gasteiger partial charge is 0.343 e. The van der Waals surface area contributed by atoms with E-state index in [2.05, 4.69) is 15.5 Å². The average molecular weight is 288 g/mol. The molecule has 7 nitrogen and oxygen atoms in total. The maximum absolute atomic E-state index is 11.3. The zero-order chi connectivity index (χ0) is 14.6. The molecule has 8 heteroatoms. The highest BCUT2D eigenvalue weighted by Gasteiger charge is 2.34. The lowest BCUT2D eigenvalue weighted by atomic mass is 9.96. The van der Waals surface area contributed by atoms with Gasteiger partial charge in [-0.3, -0.25) is 9.36 Å². The lowest BCUT2D eigenvalue weighted by Gasteiger charge is -2.28. The first-order valence-electron chi connectivity index (χ1n) is 6.06. The van der Waals surface area contributed by atoms with Crippen LogP contribution in [-0.4, -0.2) is 43.2 Å². The van der Waals surface area contributed by atoms with Crippen molar-refractivity contribution in [1.29, 1.82) is 0 Å². The SMILES string of the molecule is CCNC(C)(CC(C)Sc1n[nH]c(=O)n1C)C(=O)O. The van der Waals surface area contributed by atoms with Gasteiger partial charge in [0, 0.05) is 12.3 Å². The lowest BCUT2D eigenvalue weighted by Crippen LogP contribution is -2.50. The van der Waals surface area contributed by atoms with Crippen LogP contribution >= 0.6 is 11.8 Å². The summed E-state index contributed by atoms with van der Waals surface area (Å²) in [6.45, 7) is 6.04. The maximum Gasteiger partial charge on any atom is 0.343 e. The molecule has 0 aliphatic carbocycles. The van der Waals surface area contributed by atoms with Crippen molar-refractivity contribution in [2.45, 2.75) is 43.1 Å². The van der Waals surface area contributed by atoms with Gasteiger partial charge in [0.15, 0.2) is 5.16 Å². The fourth-order valence-corrected chi connectivity index (χ4v) is 2.98. The third-order valence-electron chi connectivity index (χ3n) is 2.88. The number of likely N-dealkylation sites (N-methyl/N-ethyl adjacent to an activating group) is 1. The second-order valence-electron chi connectivity index (χ2n) is 4.67. The number of H-pyrrole nitrogens is 1. The predicted octanol–water partition coefficient (Wildman–Crippen LogP) is 0.432. The molecule has 2 unspecified atom stereocenters. The Hall–Kier alpha value is -1.28. The van der Waals surface area contributed by atoms with E-state index in [1.807, 2.05) is 13.8 Å². The quantitative estimate of drug-likeness (QED) is 0.629. The Labute approximate surface area is 115 Å². The Morgan fingerprint density at radius 1 is 1.68 bits per heavy atom. The zero-order valence-electron chi connectivity index (χ0n) is 11.6. The summed E-state index contributed by atoms with van der Waals surface area (Å²) in [5.41, 5.74) is -1.25. The summed E-state index contributed by atoms with van der Waals surface area (Å²) < 4.78 is 1.41. The van der Waals surface area contributed by atoms with Crippen LogP contribution in [0.4, 0.5) is 0 Å². The molecule has 19 heavy (non-hydrogen) atoms. The summed E-state index contributed by atoms with van der Waals surface area (Å²) >= 11 is 1.38. The summed E-state index contributed by atoms with van der Waals surface area (Å²) in [5.74, 6) is -0.877. The van der Waals surface area contributed by atoms with Crippen molar-refractivity contribution in [3.05, 3.63) is 10.5 Å². The fraction of sp³-hybridized carbons (Fsp3) is 0.727. The van der Waals surface area contributed by atoms with Gasteiger partial charge in [-0.15, -0.1) is 5.10 Å². The van der Waals surface area contributed by atoms with Gasteiger partial charge in [-0.25, -0.2) is 9.89 Å². The molecule has 0 aliphatic heterocycles. The van der Waals surface area contributed by atoms with Crippen LogP contribution in [0.1, 0.15) is 27.2 Å². The molecule has 0 bridgehead atoms. The number of nitrogens with zero attached hydrogens (tertiary/aromatic N) is 2. The van der Waals surface area contributed by atoms with Crippen molar-refractivity contribution in [3.63, 3.8) is 0 Å². The molecule has 2 atom stereocenters. The molecule has 1 heterocycles. The van der Waals surface area contributed by atoms with Crippen LogP contribution in [0.25, 0.3) is 0 Å². The molecule has 1 aromatic heterocycles. The minimum Gasteiger partial charge on any atom is -0.480 e. The van der Waals surface area contributed by atoms with E-state index in [1.54, 1.807) is 14.0 Å². The molecule has 0 aliphatic rings. The molecule has 108 valence electrons. The van der Waals surface area contributed by atoms with Gasteiger partial charge >= 0.3 is 11.7 Å². The van der Waals surface area contributed by atoms with E-state index in [0.717, 1.165) is 0 Å². The summed E-state index contributed by atoms with van der Waals surface area (Å²) in [5, 5.41) is 19.1. The van der Waals surface area contributed by atoms with Crippen LogP contribution in [0.5, 0.6) is 0 Å². The summed E-state index contributed by atoms with van der Waals surface area (Å²) in [4.78, 5) is 22.6. The number of nitrogens with one attached hydrogen (secondary N) is 2. The van der Waals surface area contributed by atoms with Gasteiger partial charge in [-0.2, -0.15) is 0 Å². The van der Waals surface area contributed by atoms with E-state index in [1.165, 1.54) is 16.3 Å². The minimum absolute atomic E-state index is 0.00838. The number of carboxylic acid groups (broad SMARTS) is 1. The molecular formula is C11H20N4O3S. The number of aliphatic carboxylic acids is 1. The molecular weight excluding hydrogens is 268 g/mol. The minimum atomic E-state index is -0.976. The standard InChI is InChI=1S/C11H20N4O3S/c1-5-12-11(3,8(16)17)6-7(2)19-10-14-13-9(18)15(10)4/h7,12H,5-6H2,1-4H3,(H,13,18)(H,16,17). The van der Waals surface area contributed by atoms with Gasteiger partial charge in [0.2, 0.25) is 0 Å². The maximum atomic E-state index is 11.3. The molecule has 0 amide bonds. The van der Waals surface area contributed by atoms with Crippen LogP contribution in [0.3, 0.4) is 0 Å². The lowest BCUT2D eigenvalue weighted by molar-refractivity contribution is -0.144. The number of aromatic nitrogens is 3. The van der Waals surface area contributed by atoms with Crippen LogP contribution in [0, 0.1) is 0 Å². The topological polar surface area (TPSA) is 100 Å². The molecule has 0 fully saturated rings. The number of thioether (sulfide) groups is 1. The Bertz CT molecular complexity index is 498. The second kappa shape index (κ2) is 6.25. The van der Waals surface area contributed by atoms with Crippen LogP contribution in [-0.2, 0) is 11.8 Å². The predicted molar refractivity (Wildman–Crippen MR) is 73.5 cm³/mol. The van der Waals surface area contributed by atoms with E-state index in [-0.39, 0.29) is 10.9 Å². The van der Waals surface area contributed by atoms with Gasteiger partial charge in [-0.1, -0.05) is 25.6 Å². The third kappa shape index (κ3) is 3.84. The van der Waals surface area contributed by atoms with Gasteiger partial charge in [0.25, 0.3) is 0 Å². The zero-order valence-corrected chi connectivity index (χ0v) is 12.4. The van der Waals surface area contributed by atoms with Crippen molar-refractivity contribution in [1.82, 2.24) is 20.1 Å². The Morgan fingerprint density at radius 2 is 2.32 bits per heavy atom.